The number of hydrogen-bond donors (Lipinski definition) is 1. The minimum Gasteiger partial charge on any atom is -0.309 e. The van der Waals surface area contributed by atoms with E-state index in [0.29, 0.717) is 6.04 Å². The monoisotopic (exact) mass is 270 g/mol. The fourth-order valence-electron chi connectivity index (χ4n) is 3.66. The van der Waals surface area contributed by atoms with Gasteiger partial charge in [0.2, 0.25) is 0 Å². The van der Waals surface area contributed by atoms with E-state index in [2.05, 4.69) is 22.8 Å². The number of rotatable bonds is 1. The summed E-state index contributed by atoms with van der Waals surface area (Å²) in [6.45, 7) is 3.31. The lowest BCUT2D eigenvalue weighted by atomic mass is 9.95. The van der Waals surface area contributed by atoms with E-state index in [1.165, 1.54) is 61.2 Å². The third-order valence-electron chi connectivity index (χ3n) is 4.82. The van der Waals surface area contributed by atoms with Crippen LogP contribution in [0.15, 0.2) is 6.07 Å². The lowest BCUT2D eigenvalue weighted by Crippen LogP contribution is -2.27. The van der Waals surface area contributed by atoms with Gasteiger partial charge in [0.05, 0.1) is 11.7 Å². The molecule has 4 heteroatoms. The van der Waals surface area contributed by atoms with Gasteiger partial charge in [-0.1, -0.05) is 6.42 Å². The Kier molecular flexibility index (Phi) is 2.99. The van der Waals surface area contributed by atoms with Gasteiger partial charge in [-0.05, 0) is 57.6 Å². The first-order valence-electron chi connectivity index (χ1n) is 7.94. The zero-order valence-electron chi connectivity index (χ0n) is 12.2. The minimum absolute atomic E-state index is 0.418. The van der Waals surface area contributed by atoms with Crippen molar-refractivity contribution in [2.75, 3.05) is 6.54 Å². The van der Waals surface area contributed by atoms with Crippen molar-refractivity contribution in [3.63, 3.8) is 0 Å². The van der Waals surface area contributed by atoms with Crippen molar-refractivity contribution in [3.8, 4) is 0 Å². The highest BCUT2D eigenvalue weighted by molar-refractivity contribution is 5.46. The van der Waals surface area contributed by atoms with Crippen molar-refractivity contribution in [1.29, 1.82) is 0 Å². The number of aromatic nitrogens is 3. The van der Waals surface area contributed by atoms with E-state index in [1.807, 2.05) is 0 Å². The van der Waals surface area contributed by atoms with E-state index < -0.39 is 0 Å². The van der Waals surface area contributed by atoms with Crippen LogP contribution in [0.4, 0.5) is 0 Å². The molecule has 0 bridgehead atoms. The van der Waals surface area contributed by atoms with Gasteiger partial charge in [-0.25, -0.2) is 9.50 Å². The average molecular weight is 270 g/mol. The predicted octanol–water partition coefficient (Wildman–Crippen LogP) is 2.73. The molecule has 0 saturated carbocycles. The SMILES string of the molecule is Cc1c2c(nc3cc(C4CCCCN4)nn13)CCCC2. The van der Waals surface area contributed by atoms with Gasteiger partial charge in [-0.3, -0.25) is 0 Å². The molecule has 1 fully saturated rings. The topological polar surface area (TPSA) is 42.2 Å². The molecule has 4 nitrogen and oxygen atoms in total. The molecule has 1 unspecified atom stereocenters. The lowest BCUT2D eigenvalue weighted by Gasteiger charge is -2.21. The van der Waals surface area contributed by atoms with E-state index in [1.54, 1.807) is 0 Å². The Bertz CT molecular complexity index is 637. The third kappa shape index (κ3) is 1.94. The highest BCUT2D eigenvalue weighted by atomic mass is 15.3. The highest BCUT2D eigenvalue weighted by Gasteiger charge is 2.21. The van der Waals surface area contributed by atoms with Crippen molar-refractivity contribution in [2.45, 2.75) is 57.9 Å². The molecule has 0 radical (unpaired) electrons. The zero-order valence-corrected chi connectivity index (χ0v) is 12.2. The first-order chi connectivity index (χ1) is 9.83. The largest absolute Gasteiger partial charge is 0.309 e. The summed E-state index contributed by atoms with van der Waals surface area (Å²) < 4.78 is 2.07. The summed E-state index contributed by atoms with van der Waals surface area (Å²) in [7, 11) is 0. The molecule has 1 aliphatic heterocycles. The number of aryl methyl sites for hydroxylation is 2. The van der Waals surface area contributed by atoms with Gasteiger partial charge < -0.3 is 5.32 Å². The van der Waals surface area contributed by atoms with Gasteiger partial charge in [-0.15, -0.1) is 0 Å². The normalized spacial score (nSPS) is 22.9. The van der Waals surface area contributed by atoms with E-state index in [-0.39, 0.29) is 0 Å². The van der Waals surface area contributed by atoms with Crippen LogP contribution in [0.5, 0.6) is 0 Å². The molecule has 20 heavy (non-hydrogen) atoms. The van der Waals surface area contributed by atoms with Crippen LogP contribution in [0.3, 0.4) is 0 Å². The summed E-state index contributed by atoms with van der Waals surface area (Å²) in [4.78, 5) is 4.86. The molecule has 3 heterocycles. The standard InChI is InChI=1S/C16H22N4/c1-11-12-6-2-3-7-13(12)18-16-10-15(19-20(11)16)14-8-4-5-9-17-14/h10,14,17H,2-9H2,1H3. The number of piperidine rings is 1. The van der Waals surface area contributed by atoms with Crippen LogP contribution in [-0.2, 0) is 12.8 Å². The molecule has 2 aliphatic rings. The molecule has 1 saturated heterocycles. The van der Waals surface area contributed by atoms with Crippen LogP contribution in [0, 0.1) is 6.92 Å². The average Bonchev–Trinajstić information content (AvgIpc) is 2.93. The number of hydrogen-bond acceptors (Lipinski definition) is 3. The van der Waals surface area contributed by atoms with Crippen LogP contribution < -0.4 is 5.32 Å². The first-order valence-corrected chi connectivity index (χ1v) is 7.94. The second kappa shape index (κ2) is 4.85. The van der Waals surface area contributed by atoms with Crippen molar-refractivity contribution >= 4 is 5.65 Å². The fraction of sp³-hybridized carbons (Fsp3) is 0.625. The summed E-state index contributed by atoms with van der Waals surface area (Å²) in [5.74, 6) is 0. The molecular weight excluding hydrogens is 248 g/mol. The first kappa shape index (κ1) is 12.3. The Morgan fingerprint density at radius 1 is 1.20 bits per heavy atom. The predicted molar refractivity (Wildman–Crippen MR) is 79.0 cm³/mol. The van der Waals surface area contributed by atoms with Gasteiger partial charge in [-0.2, -0.15) is 5.10 Å². The van der Waals surface area contributed by atoms with Crippen molar-refractivity contribution in [2.24, 2.45) is 0 Å². The van der Waals surface area contributed by atoms with E-state index in [9.17, 15) is 0 Å². The number of fused-ring (bicyclic) bond motifs is 2. The van der Waals surface area contributed by atoms with Crippen LogP contribution in [0.2, 0.25) is 0 Å². The van der Waals surface area contributed by atoms with Crippen molar-refractivity contribution in [3.05, 3.63) is 28.7 Å². The van der Waals surface area contributed by atoms with Gasteiger partial charge in [0.25, 0.3) is 0 Å². The van der Waals surface area contributed by atoms with Gasteiger partial charge in [0.15, 0.2) is 5.65 Å². The highest BCUT2D eigenvalue weighted by Crippen LogP contribution is 2.27. The van der Waals surface area contributed by atoms with Crippen LogP contribution >= 0.6 is 0 Å². The maximum absolute atomic E-state index is 4.86. The van der Waals surface area contributed by atoms with Crippen LogP contribution in [0.25, 0.3) is 5.65 Å². The maximum atomic E-state index is 4.86. The molecule has 106 valence electrons. The molecule has 0 aromatic carbocycles. The van der Waals surface area contributed by atoms with Gasteiger partial charge >= 0.3 is 0 Å². The second-order valence-electron chi connectivity index (χ2n) is 6.17. The fourth-order valence-corrected chi connectivity index (χ4v) is 3.66. The smallest absolute Gasteiger partial charge is 0.155 e. The summed E-state index contributed by atoms with van der Waals surface area (Å²) in [6, 6.07) is 2.60. The Morgan fingerprint density at radius 3 is 2.95 bits per heavy atom. The van der Waals surface area contributed by atoms with Crippen LogP contribution in [-0.4, -0.2) is 21.1 Å². The Morgan fingerprint density at radius 2 is 2.10 bits per heavy atom. The molecule has 4 rings (SSSR count). The van der Waals surface area contributed by atoms with E-state index in [0.717, 1.165) is 18.6 Å². The summed E-state index contributed by atoms with van der Waals surface area (Å²) in [6.07, 6.45) is 8.66. The Hall–Kier alpha value is -1.42. The number of nitrogens with zero attached hydrogens (tertiary/aromatic N) is 3. The molecule has 0 spiro atoms. The van der Waals surface area contributed by atoms with E-state index >= 15 is 0 Å². The van der Waals surface area contributed by atoms with Gasteiger partial charge in [0.1, 0.15) is 0 Å². The molecule has 1 aliphatic carbocycles. The lowest BCUT2D eigenvalue weighted by molar-refractivity contribution is 0.404. The van der Waals surface area contributed by atoms with Crippen molar-refractivity contribution in [1.82, 2.24) is 19.9 Å². The quantitative estimate of drug-likeness (QED) is 0.866. The number of nitrogens with one attached hydrogen (secondary N) is 1. The maximum Gasteiger partial charge on any atom is 0.155 e. The molecule has 1 N–H and O–H groups in total. The van der Waals surface area contributed by atoms with Crippen molar-refractivity contribution < 1.29 is 0 Å². The molecule has 2 aromatic heterocycles. The molecular formula is C16H22N4. The zero-order chi connectivity index (χ0) is 13.5. The third-order valence-corrected chi connectivity index (χ3v) is 4.82. The van der Waals surface area contributed by atoms with E-state index in [4.69, 9.17) is 10.1 Å². The Labute approximate surface area is 119 Å². The minimum atomic E-state index is 0.418. The van der Waals surface area contributed by atoms with Crippen LogP contribution in [0.1, 0.15) is 60.8 Å². The molecule has 2 aromatic rings. The molecule has 0 amide bonds. The summed E-state index contributed by atoms with van der Waals surface area (Å²) in [5.41, 5.74) is 6.25. The van der Waals surface area contributed by atoms with Gasteiger partial charge in [0, 0.05) is 17.5 Å². The summed E-state index contributed by atoms with van der Waals surface area (Å²) in [5, 5.41) is 8.42. The molecule has 1 atom stereocenters. The Balaban J connectivity index is 1.80. The summed E-state index contributed by atoms with van der Waals surface area (Å²) >= 11 is 0. The second-order valence-corrected chi connectivity index (χ2v) is 6.17.